The number of carbonyl (C=O) groups is 2. The summed E-state index contributed by atoms with van der Waals surface area (Å²) in [5, 5.41) is 14.3. The maximum absolute atomic E-state index is 13.2. The lowest BCUT2D eigenvalue weighted by Crippen LogP contribution is -2.45. The Hall–Kier alpha value is -2.06. The van der Waals surface area contributed by atoms with Gasteiger partial charge in [0.25, 0.3) is 0 Å². The van der Waals surface area contributed by atoms with E-state index in [1.165, 1.54) is 19.3 Å². The van der Waals surface area contributed by atoms with Crippen LogP contribution in [-0.2, 0) is 4.79 Å². The van der Waals surface area contributed by atoms with Gasteiger partial charge in [0.05, 0.1) is 6.04 Å². The smallest absolute Gasteiger partial charge is 0.223 e. The van der Waals surface area contributed by atoms with Crippen LogP contribution >= 0.6 is 11.3 Å². The molecule has 5 rings (SSSR count). The van der Waals surface area contributed by atoms with Gasteiger partial charge in [-0.25, -0.2) is 0 Å². The van der Waals surface area contributed by atoms with Gasteiger partial charge in [-0.2, -0.15) is 0 Å². The average molecular weight is 526 g/mol. The summed E-state index contributed by atoms with van der Waals surface area (Å²) in [6, 6.07) is 3.57. The van der Waals surface area contributed by atoms with Crippen molar-refractivity contribution in [1.82, 2.24) is 25.0 Å². The lowest BCUT2D eigenvalue weighted by atomic mass is 9.88. The first kappa shape index (κ1) is 26.5. The molecule has 3 atom stereocenters. The fourth-order valence-corrected chi connectivity index (χ4v) is 8.02. The van der Waals surface area contributed by atoms with Gasteiger partial charge in [-0.1, -0.05) is 33.1 Å². The first-order valence-corrected chi connectivity index (χ1v) is 15.3. The Morgan fingerprint density at radius 2 is 1.76 bits per heavy atom. The summed E-state index contributed by atoms with van der Waals surface area (Å²) in [5.41, 5.74) is 0.753. The van der Waals surface area contributed by atoms with Gasteiger partial charge in [-0.3, -0.25) is 14.5 Å². The summed E-state index contributed by atoms with van der Waals surface area (Å²) < 4.78 is 2.41. The Labute approximate surface area is 225 Å². The van der Waals surface area contributed by atoms with Crippen molar-refractivity contribution < 1.29 is 9.59 Å². The molecule has 2 bridgehead atoms. The monoisotopic (exact) mass is 525 g/mol. The van der Waals surface area contributed by atoms with Crippen LogP contribution in [0.5, 0.6) is 0 Å². The van der Waals surface area contributed by atoms with E-state index < -0.39 is 0 Å². The molecule has 2 aromatic heterocycles. The van der Waals surface area contributed by atoms with Crippen LogP contribution in [-0.4, -0.2) is 50.0 Å². The number of hydrogen-bond donors (Lipinski definition) is 1. The van der Waals surface area contributed by atoms with Crippen LogP contribution in [0.15, 0.2) is 11.4 Å². The SMILES string of the molecule is CC(=O)c1csc([C@H](CCN2C3CCC2CC(n2c(C)nnc2C(C)C)C3)NC(=O)C2CCCCC2)c1. The maximum atomic E-state index is 13.2. The van der Waals surface area contributed by atoms with Gasteiger partial charge >= 0.3 is 0 Å². The highest BCUT2D eigenvalue weighted by molar-refractivity contribution is 7.10. The van der Waals surface area contributed by atoms with Crippen molar-refractivity contribution in [2.75, 3.05) is 6.54 Å². The molecular weight excluding hydrogens is 482 g/mol. The molecule has 3 fully saturated rings. The molecule has 0 spiro atoms. The number of rotatable bonds is 9. The van der Waals surface area contributed by atoms with Crippen molar-refractivity contribution >= 4 is 23.0 Å². The Kier molecular flexibility index (Phi) is 8.15. The van der Waals surface area contributed by atoms with E-state index >= 15 is 0 Å². The summed E-state index contributed by atoms with van der Waals surface area (Å²) in [6.07, 6.45) is 11.2. The van der Waals surface area contributed by atoms with Gasteiger partial charge in [-0.15, -0.1) is 21.5 Å². The van der Waals surface area contributed by atoms with Crippen LogP contribution in [0.1, 0.15) is 130 Å². The Morgan fingerprint density at radius 3 is 2.38 bits per heavy atom. The normalized spacial score (nSPS) is 25.5. The molecule has 37 heavy (non-hydrogen) atoms. The van der Waals surface area contributed by atoms with Crippen molar-refractivity contribution in [2.45, 2.75) is 122 Å². The molecular formula is C29H43N5O2S. The van der Waals surface area contributed by atoms with Gasteiger partial charge in [0.15, 0.2) is 5.78 Å². The minimum Gasteiger partial charge on any atom is -0.348 e. The quantitative estimate of drug-likeness (QED) is 0.408. The first-order valence-electron chi connectivity index (χ1n) is 14.4. The topological polar surface area (TPSA) is 80.1 Å². The van der Waals surface area contributed by atoms with Crippen molar-refractivity contribution in [3.63, 3.8) is 0 Å². The molecule has 0 aromatic carbocycles. The lowest BCUT2D eigenvalue weighted by molar-refractivity contribution is -0.126. The highest BCUT2D eigenvalue weighted by Crippen LogP contribution is 2.42. The van der Waals surface area contributed by atoms with Crippen LogP contribution < -0.4 is 5.32 Å². The molecule has 7 nitrogen and oxygen atoms in total. The predicted molar refractivity (Wildman–Crippen MR) is 147 cm³/mol. The van der Waals surface area contributed by atoms with E-state index in [0.717, 1.165) is 73.6 Å². The summed E-state index contributed by atoms with van der Waals surface area (Å²) in [7, 11) is 0. The van der Waals surface area contributed by atoms with Crippen LogP contribution in [0, 0.1) is 12.8 Å². The molecule has 1 saturated carbocycles. The van der Waals surface area contributed by atoms with Gasteiger partial charge < -0.3 is 9.88 Å². The van der Waals surface area contributed by atoms with Crippen molar-refractivity contribution in [1.29, 1.82) is 0 Å². The van der Waals surface area contributed by atoms with Crippen LogP contribution in [0.4, 0.5) is 0 Å². The van der Waals surface area contributed by atoms with Gasteiger partial charge in [0.2, 0.25) is 5.91 Å². The average Bonchev–Trinajstić information content (AvgIpc) is 3.58. The second-order valence-corrected chi connectivity index (χ2v) is 12.8. The van der Waals surface area contributed by atoms with Crippen molar-refractivity contribution in [3.8, 4) is 0 Å². The molecule has 2 aromatic rings. The van der Waals surface area contributed by atoms with E-state index in [9.17, 15) is 9.59 Å². The maximum Gasteiger partial charge on any atom is 0.223 e. The molecule has 1 amide bonds. The van der Waals surface area contributed by atoms with E-state index in [-0.39, 0.29) is 23.7 Å². The number of piperidine rings is 1. The van der Waals surface area contributed by atoms with E-state index in [1.807, 2.05) is 11.4 Å². The molecule has 2 unspecified atom stereocenters. The molecule has 8 heteroatoms. The highest BCUT2D eigenvalue weighted by atomic mass is 32.1. The molecule has 1 N–H and O–H groups in total. The zero-order valence-corrected chi connectivity index (χ0v) is 23.7. The zero-order valence-electron chi connectivity index (χ0n) is 22.9. The summed E-state index contributed by atoms with van der Waals surface area (Å²) in [5.74, 6) is 2.94. The molecule has 2 aliphatic heterocycles. The number of nitrogens with one attached hydrogen (secondary N) is 1. The second kappa shape index (κ2) is 11.4. The number of hydrogen-bond acceptors (Lipinski definition) is 6. The van der Waals surface area contributed by atoms with E-state index in [1.54, 1.807) is 18.3 Å². The largest absolute Gasteiger partial charge is 0.348 e. The summed E-state index contributed by atoms with van der Waals surface area (Å²) in [6.45, 7) is 9.08. The molecule has 202 valence electrons. The third-order valence-corrected chi connectivity index (χ3v) is 10.0. The third-order valence-electron chi connectivity index (χ3n) is 8.97. The number of fused-ring (bicyclic) bond motifs is 2. The third kappa shape index (κ3) is 5.70. The predicted octanol–water partition coefficient (Wildman–Crippen LogP) is 5.97. The number of aromatic nitrogens is 3. The number of aryl methyl sites for hydroxylation is 1. The molecule has 3 aliphatic rings. The number of Topliss-reactive ketones (excluding diaryl/α,β-unsaturated/α-hetero) is 1. The Morgan fingerprint density at radius 1 is 1.05 bits per heavy atom. The Balaban J connectivity index is 1.27. The number of carbonyl (C=O) groups excluding carboxylic acids is 2. The minimum absolute atomic E-state index is 0.0303. The molecule has 1 aliphatic carbocycles. The molecule has 0 radical (unpaired) electrons. The molecule has 2 saturated heterocycles. The van der Waals surface area contributed by atoms with Crippen LogP contribution in [0.2, 0.25) is 0 Å². The minimum atomic E-state index is -0.0303. The van der Waals surface area contributed by atoms with E-state index in [2.05, 4.69) is 45.8 Å². The standard InChI is InChI=1S/C29H43N5O2S/c1-18(2)28-32-31-20(4)34(28)25-15-23-10-11-24(16-25)33(23)13-12-26(27-14-22(17-37-27)19(3)35)30-29(36)21-8-6-5-7-9-21/h14,17-18,21,23-26H,5-13,15-16H2,1-4H3,(H,30,36)/t23?,24?,25?,26-/m0/s1. The summed E-state index contributed by atoms with van der Waals surface area (Å²) in [4.78, 5) is 29.0. The molecule has 4 heterocycles. The van der Waals surface area contributed by atoms with Gasteiger partial charge in [0.1, 0.15) is 11.6 Å². The van der Waals surface area contributed by atoms with E-state index in [0.29, 0.717) is 24.0 Å². The zero-order chi connectivity index (χ0) is 26.1. The fraction of sp³-hybridized carbons (Fsp3) is 0.724. The summed E-state index contributed by atoms with van der Waals surface area (Å²) >= 11 is 1.61. The number of nitrogens with zero attached hydrogens (tertiary/aromatic N) is 4. The van der Waals surface area contributed by atoms with E-state index in [4.69, 9.17) is 0 Å². The number of thiophene rings is 1. The number of ketones is 1. The highest BCUT2D eigenvalue weighted by Gasteiger charge is 2.42. The van der Waals surface area contributed by atoms with Crippen LogP contribution in [0.25, 0.3) is 0 Å². The van der Waals surface area contributed by atoms with Crippen LogP contribution in [0.3, 0.4) is 0 Å². The van der Waals surface area contributed by atoms with Gasteiger partial charge in [0, 0.05) is 52.3 Å². The number of amides is 1. The first-order chi connectivity index (χ1) is 17.8. The lowest BCUT2D eigenvalue weighted by Gasteiger charge is -2.40. The fourth-order valence-electron chi connectivity index (χ4n) is 6.99. The van der Waals surface area contributed by atoms with Crippen molar-refractivity contribution in [3.05, 3.63) is 33.5 Å². The second-order valence-electron chi connectivity index (χ2n) is 11.9. The Bertz CT molecular complexity index is 1090. The van der Waals surface area contributed by atoms with Crippen molar-refractivity contribution in [2.24, 2.45) is 5.92 Å². The van der Waals surface area contributed by atoms with Gasteiger partial charge in [-0.05, 0) is 64.9 Å².